The zero-order valence-electron chi connectivity index (χ0n) is 7.96. The molecule has 0 aliphatic heterocycles. The second kappa shape index (κ2) is 5.26. The number of nitrogens with zero attached hydrogens (tertiary/aromatic N) is 1. The van der Waals surface area contributed by atoms with E-state index in [1.165, 1.54) is 12.2 Å². The van der Waals surface area contributed by atoms with Gasteiger partial charge in [0, 0.05) is 6.08 Å². The van der Waals surface area contributed by atoms with Crippen LogP contribution >= 0.6 is 0 Å². The van der Waals surface area contributed by atoms with E-state index in [2.05, 4.69) is 0 Å². The minimum Gasteiger partial charge on any atom is -0.480 e. The highest BCUT2D eigenvalue weighted by molar-refractivity contribution is 5.68. The van der Waals surface area contributed by atoms with Crippen molar-refractivity contribution in [2.24, 2.45) is 0 Å². The van der Waals surface area contributed by atoms with E-state index in [4.69, 9.17) is 9.84 Å². The molecule has 0 fully saturated rings. The molecular formula is C9H11NO5. The van der Waals surface area contributed by atoms with Crippen LogP contribution in [0.25, 0.3) is 0 Å². The molecule has 1 rings (SSSR count). The van der Waals surface area contributed by atoms with Gasteiger partial charge in [-0.25, -0.2) is 4.79 Å². The zero-order chi connectivity index (χ0) is 11.3. The largest absolute Gasteiger partial charge is 0.480 e. The van der Waals surface area contributed by atoms with E-state index in [9.17, 15) is 14.9 Å². The smallest absolute Gasteiger partial charge is 0.329 e. The third-order valence-corrected chi connectivity index (χ3v) is 1.93. The van der Waals surface area contributed by atoms with Crippen molar-refractivity contribution in [3.8, 4) is 0 Å². The highest BCUT2D eigenvalue weighted by atomic mass is 16.6. The maximum Gasteiger partial charge on any atom is 0.329 e. The summed E-state index contributed by atoms with van der Waals surface area (Å²) in [5, 5.41) is 18.8. The summed E-state index contributed by atoms with van der Waals surface area (Å²) in [5.74, 6) is -1.04. The second-order valence-electron chi connectivity index (χ2n) is 3.09. The lowest BCUT2D eigenvalue weighted by Crippen LogP contribution is -2.16. The summed E-state index contributed by atoms with van der Waals surface area (Å²) < 4.78 is 5.03. The lowest BCUT2D eigenvalue weighted by atomic mass is 10.2. The van der Waals surface area contributed by atoms with Crippen molar-refractivity contribution in [3.05, 3.63) is 34.0 Å². The van der Waals surface area contributed by atoms with Gasteiger partial charge in [-0.1, -0.05) is 6.08 Å². The van der Waals surface area contributed by atoms with E-state index in [1.807, 2.05) is 0 Å². The number of rotatable bonds is 4. The fraction of sp³-hybridized carbons (Fsp3) is 0.444. The van der Waals surface area contributed by atoms with Crippen LogP contribution in [-0.2, 0) is 9.53 Å². The number of carbonyl (C=O) groups is 1. The summed E-state index contributed by atoms with van der Waals surface area (Å²) in [6.45, 7) is -0.375. The van der Waals surface area contributed by atoms with E-state index in [-0.39, 0.29) is 18.4 Å². The molecule has 0 saturated heterocycles. The average Bonchev–Trinajstić information content (AvgIpc) is 2.39. The van der Waals surface area contributed by atoms with Gasteiger partial charge in [0.25, 0.3) is 5.70 Å². The van der Waals surface area contributed by atoms with Crippen molar-refractivity contribution >= 4 is 5.97 Å². The number of nitro groups is 1. The van der Waals surface area contributed by atoms with Crippen molar-refractivity contribution in [2.45, 2.75) is 18.9 Å². The highest BCUT2D eigenvalue weighted by Crippen LogP contribution is 2.14. The predicted molar refractivity (Wildman–Crippen MR) is 50.8 cm³/mol. The lowest BCUT2D eigenvalue weighted by molar-refractivity contribution is -0.419. The van der Waals surface area contributed by atoms with Gasteiger partial charge in [0.15, 0.2) is 0 Å². The Morgan fingerprint density at radius 3 is 3.00 bits per heavy atom. The van der Waals surface area contributed by atoms with Crippen LogP contribution in [0.4, 0.5) is 0 Å². The number of ether oxygens (including phenoxy) is 1. The molecule has 1 atom stereocenters. The summed E-state index contributed by atoms with van der Waals surface area (Å²) in [4.78, 5) is 20.2. The van der Waals surface area contributed by atoms with Gasteiger partial charge in [0.1, 0.15) is 6.61 Å². The minimum absolute atomic E-state index is 0.0245. The normalized spacial score (nSPS) is 20.5. The van der Waals surface area contributed by atoms with Gasteiger partial charge < -0.3 is 9.84 Å². The molecular weight excluding hydrogens is 202 g/mol. The summed E-state index contributed by atoms with van der Waals surface area (Å²) in [7, 11) is 0. The zero-order valence-corrected chi connectivity index (χ0v) is 7.96. The second-order valence-corrected chi connectivity index (χ2v) is 3.09. The van der Waals surface area contributed by atoms with Crippen molar-refractivity contribution < 1.29 is 19.6 Å². The Morgan fingerprint density at radius 2 is 2.40 bits per heavy atom. The third-order valence-electron chi connectivity index (χ3n) is 1.93. The van der Waals surface area contributed by atoms with Crippen LogP contribution in [0.1, 0.15) is 12.8 Å². The first kappa shape index (κ1) is 11.4. The quantitative estimate of drug-likeness (QED) is 0.555. The molecule has 6 nitrogen and oxygen atoms in total. The molecule has 82 valence electrons. The van der Waals surface area contributed by atoms with Crippen LogP contribution in [0.5, 0.6) is 0 Å². The van der Waals surface area contributed by atoms with Crippen LogP contribution in [0, 0.1) is 10.1 Å². The van der Waals surface area contributed by atoms with E-state index >= 15 is 0 Å². The number of carboxylic acids is 1. The van der Waals surface area contributed by atoms with Gasteiger partial charge in [0.2, 0.25) is 0 Å². The van der Waals surface area contributed by atoms with Crippen LogP contribution in [0.3, 0.4) is 0 Å². The molecule has 0 aromatic heterocycles. The molecule has 0 amide bonds. The molecule has 0 aromatic rings. The van der Waals surface area contributed by atoms with E-state index < -0.39 is 10.9 Å². The van der Waals surface area contributed by atoms with Gasteiger partial charge in [-0.2, -0.15) is 0 Å². The van der Waals surface area contributed by atoms with Crippen LogP contribution in [0.15, 0.2) is 23.9 Å². The maximum atomic E-state index is 10.4. The first-order valence-electron chi connectivity index (χ1n) is 4.44. The predicted octanol–water partition coefficient (Wildman–Crippen LogP) is 0.967. The summed E-state index contributed by atoms with van der Waals surface area (Å²) in [6.07, 6.45) is 5.02. The molecule has 15 heavy (non-hydrogen) atoms. The van der Waals surface area contributed by atoms with Gasteiger partial charge >= 0.3 is 5.97 Å². The van der Waals surface area contributed by atoms with Crippen molar-refractivity contribution in [3.63, 3.8) is 0 Å². The first-order valence-corrected chi connectivity index (χ1v) is 4.44. The van der Waals surface area contributed by atoms with Gasteiger partial charge in [-0.15, -0.1) is 0 Å². The minimum atomic E-state index is -1.04. The number of allylic oxidation sites excluding steroid dienone is 1. The Morgan fingerprint density at radius 1 is 1.67 bits per heavy atom. The average molecular weight is 213 g/mol. The summed E-state index contributed by atoms with van der Waals surface area (Å²) in [5.41, 5.74) is 0.0245. The summed E-state index contributed by atoms with van der Waals surface area (Å²) >= 11 is 0. The molecule has 0 saturated carbocycles. The van der Waals surface area contributed by atoms with E-state index in [1.54, 1.807) is 6.08 Å². The molecule has 6 heteroatoms. The van der Waals surface area contributed by atoms with Crippen molar-refractivity contribution in [1.29, 1.82) is 0 Å². The topological polar surface area (TPSA) is 89.7 Å². The van der Waals surface area contributed by atoms with Crippen LogP contribution < -0.4 is 0 Å². The number of hydrogen-bond donors (Lipinski definition) is 1. The molecule has 1 N–H and O–H groups in total. The van der Waals surface area contributed by atoms with Crippen LogP contribution in [0.2, 0.25) is 0 Å². The fourth-order valence-electron chi connectivity index (χ4n) is 1.22. The molecule has 1 aliphatic rings. The maximum absolute atomic E-state index is 10.4. The number of aliphatic carboxylic acids is 1. The van der Waals surface area contributed by atoms with Crippen molar-refractivity contribution in [2.75, 3.05) is 6.61 Å². The number of carboxylic acid groups (broad SMARTS) is 1. The highest BCUT2D eigenvalue weighted by Gasteiger charge is 2.15. The van der Waals surface area contributed by atoms with Gasteiger partial charge in [-0.05, 0) is 18.9 Å². The monoisotopic (exact) mass is 213 g/mol. The molecule has 0 spiro atoms. The SMILES string of the molecule is O=C(O)CO[C@@H]1CC=CC([N+](=O)[O-])=CC1. The number of hydrogen-bond acceptors (Lipinski definition) is 4. The molecule has 0 bridgehead atoms. The Balaban J connectivity index is 2.50. The van der Waals surface area contributed by atoms with Gasteiger partial charge in [0.05, 0.1) is 11.0 Å². The van der Waals surface area contributed by atoms with E-state index in [0.29, 0.717) is 12.8 Å². The van der Waals surface area contributed by atoms with Gasteiger partial charge in [-0.3, -0.25) is 10.1 Å². The third kappa shape index (κ3) is 3.90. The lowest BCUT2D eigenvalue weighted by Gasteiger charge is -2.10. The van der Waals surface area contributed by atoms with E-state index in [0.717, 1.165) is 0 Å². The molecule has 0 radical (unpaired) electrons. The Bertz CT molecular complexity index is 320. The molecule has 0 aromatic carbocycles. The van der Waals surface area contributed by atoms with Crippen LogP contribution in [-0.4, -0.2) is 28.7 Å². The molecule has 1 aliphatic carbocycles. The fourth-order valence-corrected chi connectivity index (χ4v) is 1.22. The van der Waals surface area contributed by atoms with Crippen molar-refractivity contribution in [1.82, 2.24) is 0 Å². The first-order chi connectivity index (χ1) is 7.09. The standard InChI is InChI=1S/C9H11NO5/c11-9(12)6-15-8-3-1-2-7(4-5-8)10(13)14/h1-2,4,8H,3,5-6H2,(H,11,12)/t8-/m1/s1. The Kier molecular flexibility index (Phi) is 3.99. The molecule has 0 heterocycles. The summed E-state index contributed by atoms with van der Waals surface area (Å²) in [6, 6.07) is 0. The molecule has 0 unspecified atom stereocenters. The Labute approximate surface area is 86.0 Å². The Hall–Kier alpha value is -1.69.